The molecule has 3 aromatic carbocycles. The molecule has 0 amide bonds. The van der Waals surface area contributed by atoms with Crippen LogP contribution in [0.2, 0.25) is 0 Å². The van der Waals surface area contributed by atoms with Crippen molar-refractivity contribution in [3.8, 4) is 23.0 Å². The number of carbonyl (C=O) groups excluding carboxylic acids is 1. The minimum Gasteiger partial charge on any atom is -0.503 e. The van der Waals surface area contributed by atoms with Crippen LogP contribution in [0.3, 0.4) is 0 Å². The highest BCUT2D eigenvalue weighted by atomic mass is 19.2. The molecule has 0 fully saturated rings. The molecule has 0 aliphatic carbocycles. The highest BCUT2D eigenvalue weighted by Crippen LogP contribution is 2.60. The Morgan fingerprint density at radius 3 is 1.61 bits per heavy atom. The highest BCUT2D eigenvalue weighted by Gasteiger charge is 2.59. The molecule has 13 heteroatoms. The lowest BCUT2D eigenvalue weighted by atomic mass is 9.76. The number of hydrogen-bond acceptors (Lipinski definition) is 5. The van der Waals surface area contributed by atoms with Gasteiger partial charge in [-0.05, 0) is 12.1 Å². The van der Waals surface area contributed by atoms with Crippen LogP contribution < -0.4 is 4.74 Å². The number of phenolic OH excluding ortho intramolecular Hbond substituents is 2. The van der Waals surface area contributed by atoms with Crippen LogP contribution in [0.4, 0.5) is 35.1 Å². The number of carbonyl (C=O) groups is 1. The molecule has 2 aliphatic rings. The number of phenols is 2. The van der Waals surface area contributed by atoms with Crippen molar-refractivity contribution in [1.82, 2.24) is 0 Å². The van der Waals surface area contributed by atoms with E-state index < -0.39 is 103 Å². The summed E-state index contributed by atoms with van der Waals surface area (Å²) in [6.07, 6.45) is 0. The molecule has 3 aromatic rings. The van der Waals surface area contributed by atoms with Gasteiger partial charge in [0.05, 0.1) is 16.7 Å². The smallest absolute Gasteiger partial charge is 0.343 e. The van der Waals surface area contributed by atoms with Crippen molar-refractivity contribution in [2.24, 2.45) is 0 Å². The van der Waals surface area contributed by atoms with E-state index in [1.165, 1.54) is 0 Å². The van der Waals surface area contributed by atoms with E-state index >= 15 is 0 Å². The molecule has 0 aromatic heterocycles. The maximum atomic E-state index is 15.0. The van der Waals surface area contributed by atoms with E-state index in [4.69, 9.17) is 9.47 Å². The van der Waals surface area contributed by atoms with E-state index in [9.17, 15) is 50.1 Å². The second-order valence-electron chi connectivity index (χ2n) is 6.97. The Labute approximate surface area is 176 Å². The van der Waals surface area contributed by atoms with Crippen molar-refractivity contribution in [3.05, 3.63) is 80.9 Å². The fourth-order valence-electron chi connectivity index (χ4n) is 3.93. The van der Waals surface area contributed by atoms with E-state index in [0.717, 1.165) is 0 Å². The fourth-order valence-corrected chi connectivity index (χ4v) is 3.93. The number of rotatable bonds is 0. The Hall–Kier alpha value is -4.03. The molecule has 0 unspecified atom stereocenters. The van der Waals surface area contributed by atoms with Crippen LogP contribution in [0.5, 0.6) is 23.0 Å². The molecule has 0 radical (unpaired) electrons. The van der Waals surface area contributed by atoms with Gasteiger partial charge in [0.2, 0.25) is 11.6 Å². The van der Waals surface area contributed by atoms with Crippen LogP contribution in [0.1, 0.15) is 27.0 Å². The second kappa shape index (κ2) is 6.27. The summed E-state index contributed by atoms with van der Waals surface area (Å²) in [6.45, 7) is 0. The predicted molar refractivity (Wildman–Crippen MR) is 87.7 cm³/mol. The van der Waals surface area contributed by atoms with Gasteiger partial charge in [-0.1, -0.05) is 0 Å². The second-order valence-corrected chi connectivity index (χ2v) is 6.97. The lowest BCUT2D eigenvalue weighted by Crippen LogP contribution is -2.35. The first kappa shape index (κ1) is 20.8. The molecule has 1 spiro atoms. The normalized spacial score (nSPS) is 15.1. The lowest BCUT2D eigenvalue weighted by molar-refractivity contribution is 0.0206. The van der Waals surface area contributed by atoms with Crippen LogP contribution in [-0.2, 0) is 10.3 Å². The van der Waals surface area contributed by atoms with Crippen molar-refractivity contribution < 1.29 is 59.6 Å². The first-order chi connectivity index (χ1) is 15.4. The van der Waals surface area contributed by atoms with E-state index in [1.54, 1.807) is 0 Å². The first-order valence-corrected chi connectivity index (χ1v) is 8.63. The van der Waals surface area contributed by atoms with Crippen LogP contribution >= 0.6 is 0 Å². The molecule has 5 nitrogen and oxygen atoms in total. The third-order valence-corrected chi connectivity index (χ3v) is 5.33. The minimum absolute atomic E-state index is 0.195. The molecule has 0 bridgehead atoms. The van der Waals surface area contributed by atoms with Crippen molar-refractivity contribution in [3.63, 3.8) is 0 Å². The molecule has 0 saturated heterocycles. The lowest BCUT2D eigenvalue weighted by Gasteiger charge is -2.36. The Balaban J connectivity index is 2.05. The summed E-state index contributed by atoms with van der Waals surface area (Å²) < 4.78 is 125. The van der Waals surface area contributed by atoms with Crippen LogP contribution in [-0.4, -0.2) is 16.2 Å². The number of benzene rings is 3. The van der Waals surface area contributed by atoms with Crippen molar-refractivity contribution in [2.45, 2.75) is 5.60 Å². The molecule has 2 heterocycles. The molecule has 170 valence electrons. The van der Waals surface area contributed by atoms with Crippen molar-refractivity contribution in [2.75, 3.05) is 0 Å². The van der Waals surface area contributed by atoms with Gasteiger partial charge in [0.25, 0.3) is 0 Å². The molecule has 0 saturated carbocycles. The van der Waals surface area contributed by atoms with Gasteiger partial charge in [-0.15, -0.1) is 0 Å². The first-order valence-electron chi connectivity index (χ1n) is 8.63. The average Bonchev–Trinajstić information content (AvgIpc) is 3.08. The molecular weight excluding hydrogens is 472 g/mol. The SMILES string of the molecule is O=C1OC2(c3cc(F)c(O)c(F)c3Oc3c2cc(F)c(O)c3F)c2c(F)c(F)c(F)c(F)c21. The van der Waals surface area contributed by atoms with Gasteiger partial charge in [0.1, 0.15) is 5.56 Å². The molecule has 33 heavy (non-hydrogen) atoms. The number of esters is 1. The van der Waals surface area contributed by atoms with E-state index in [1.807, 2.05) is 0 Å². The summed E-state index contributed by atoms with van der Waals surface area (Å²) in [5, 5.41) is 19.1. The summed E-state index contributed by atoms with van der Waals surface area (Å²) in [6, 6.07) is 0.390. The summed E-state index contributed by atoms with van der Waals surface area (Å²) >= 11 is 0. The number of hydrogen-bond donors (Lipinski definition) is 2. The van der Waals surface area contributed by atoms with Crippen molar-refractivity contribution >= 4 is 5.97 Å². The third kappa shape index (κ3) is 2.28. The van der Waals surface area contributed by atoms with Crippen LogP contribution in [0.15, 0.2) is 12.1 Å². The summed E-state index contributed by atoms with van der Waals surface area (Å²) in [5.41, 5.74) is -8.48. The predicted octanol–water partition coefficient (Wildman–Crippen LogP) is 4.78. The highest BCUT2D eigenvalue weighted by molar-refractivity contribution is 5.97. The quantitative estimate of drug-likeness (QED) is 0.212. The monoisotopic (exact) mass is 476 g/mol. The number of aromatic hydroxyl groups is 2. The van der Waals surface area contributed by atoms with Crippen LogP contribution in [0, 0.1) is 46.5 Å². The zero-order chi connectivity index (χ0) is 24.1. The van der Waals surface area contributed by atoms with Gasteiger partial charge in [-0.2, -0.15) is 8.78 Å². The number of fused-ring (bicyclic) bond motifs is 6. The van der Waals surface area contributed by atoms with Gasteiger partial charge in [0.15, 0.2) is 63.5 Å². The van der Waals surface area contributed by atoms with Crippen LogP contribution in [0.25, 0.3) is 0 Å². The Bertz CT molecular complexity index is 1390. The summed E-state index contributed by atoms with van der Waals surface area (Å²) in [7, 11) is 0. The van der Waals surface area contributed by atoms with Gasteiger partial charge in [-0.25, -0.2) is 31.1 Å². The molecule has 2 aliphatic heterocycles. The summed E-state index contributed by atoms with van der Waals surface area (Å²) in [5.74, 6) is -24.8. The zero-order valence-corrected chi connectivity index (χ0v) is 15.3. The van der Waals surface area contributed by atoms with Gasteiger partial charge < -0.3 is 19.7 Å². The van der Waals surface area contributed by atoms with Crippen molar-refractivity contribution in [1.29, 1.82) is 0 Å². The standard InChI is InChI=1S/C20H4F8O5/c21-5-1-3-17(13(27)15(5)29)32-18-4(2-6(22)16(30)14(18)28)20(3)8-7(19(31)33-20)9(23)11(25)12(26)10(8)24/h1-2,29-30H. The Morgan fingerprint density at radius 2 is 1.12 bits per heavy atom. The maximum absolute atomic E-state index is 15.0. The van der Waals surface area contributed by atoms with E-state index in [-0.39, 0.29) is 12.1 Å². The van der Waals surface area contributed by atoms with E-state index in [0.29, 0.717) is 0 Å². The Morgan fingerprint density at radius 1 is 0.667 bits per heavy atom. The maximum Gasteiger partial charge on any atom is 0.343 e. The van der Waals surface area contributed by atoms with Gasteiger partial charge >= 0.3 is 5.97 Å². The number of ether oxygens (including phenoxy) is 2. The largest absolute Gasteiger partial charge is 0.503 e. The topological polar surface area (TPSA) is 76.0 Å². The van der Waals surface area contributed by atoms with E-state index in [2.05, 4.69) is 0 Å². The molecule has 5 rings (SSSR count). The minimum atomic E-state index is -3.22. The third-order valence-electron chi connectivity index (χ3n) is 5.33. The molecular formula is C20H4F8O5. The average molecular weight is 476 g/mol. The molecule has 2 N–H and O–H groups in total. The zero-order valence-electron chi connectivity index (χ0n) is 15.3. The fraction of sp³-hybridized carbons (Fsp3) is 0.0500. The summed E-state index contributed by atoms with van der Waals surface area (Å²) in [4.78, 5) is 12.4. The van der Waals surface area contributed by atoms with Gasteiger partial charge in [-0.3, -0.25) is 0 Å². The Kier molecular flexibility index (Phi) is 3.96. The molecule has 0 atom stereocenters. The van der Waals surface area contributed by atoms with Gasteiger partial charge in [0, 0.05) is 0 Å². The number of halogens is 8.